The fraction of sp³-hybridized carbons (Fsp3) is 1.00. The van der Waals surface area contributed by atoms with Gasteiger partial charge in [-0.2, -0.15) is 43.9 Å². The van der Waals surface area contributed by atoms with Crippen LogP contribution in [0.2, 0.25) is 0 Å². The van der Waals surface area contributed by atoms with Gasteiger partial charge in [-0.3, -0.25) is 0 Å². The topological polar surface area (TPSA) is 0 Å². The van der Waals surface area contributed by atoms with Crippen LogP contribution in [-0.2, 0) is 0 Å². The summed E-state index contributed by atoms with van der Waals surface area (Å²) in [6, 6.07) is 0. The van der Waals surface area contributed by atoms with Crippen molar-refractivity contribution >= 4 is 46.4 Å². The highest BCUT2D eigenvalue weighted by Gasteiger charge is 2.85. The molecular weight excluding hydrogens is 404 g/mol. The Morgan fingerprint density at radius 2 is 0.550 bits per heavy atom. The van der Waals surface area contributed by atoms with E-state index in [9.17, 15) is 43.9 Å². The molecule has 0 aliphatic carbocycles. The standard InChI is InChI=1S/C6Cl4F10/c7-1(8,3(11,12)5(15,16)17)2(9,10)4(13,14)6(18,19)20. The lowest BCUT2D eigenvalue weighted by atomic mass is 10.0. The van der Waals surface area contributed by atoms with E-state index in [0.717, 1.165) is 0 Å². The van der Waals surface area contributed by atoms with Crippen LogP contribution in [0.25, 0.3) is 0 Å². The zero-order chi connectivity index (χ0) is 17.0. The molecule has 0 aromatic heterocycles. The van der Waals surface area contributed by atoms with E-state index >= 15 is 0 Å². The van der Waals surface area contributed by atoms with Crippen molar-refractivity contribution in [1.29, 1.82) is 0 Å². The Morgan fingerprint density at radius 3 is 0.650 bits per heavy atom. The minimum atomic E-state index is -6.69. The molecule has 122 valence electrons. The first kappa shape index (κ1) is 20.5. The molecule has 0 amide bonds. The summed E-state index contributed by atoms with van der Waals surface area (Å²) in [6.45, 7) is 0. The van der Waals surface area contributed by atoms with Crippen LogP contribution in [0.5, 0.6) is 0 Å². The van der Waals surface area contributed by atoms with Gasteiger partial charge in [0.05, 0.1) is 0 Å². The molecule has 0 aliphatic heterocycles. The van der Waals surface area contributed by atoms with Crippen molar-refractivity contribution in [1.82, 2.24) is 0 Å². The molecule has 0 aromatic rings. The molecule has 0 nitrogen and oxygen atoms in total. The van der Waals surface area contributed by atoms with Crippen molar-refractivity contribution in [2.45, 2.75) is 32.9 Å². The van der Waals surface area contributed by atoms with Crippen LogP contribution in [0.4, 0.5) is 43.9 Å². The van der Waals surface area contributed by atoms with Gasteiger partial charge in [0.2, 0.25) is 8.67 Å². The van der Waals surface area contributed by atoms with Crippen molar-refractivity contribution in [3.63, 3.8) is 0 Å². The molecule has 0 aromatic carbocycles. The fourth-order valence-corrected chi connectivity index (χ4v) is 1.65. The maximum atomic E-state index is 12.9. The summed E-state index contributed by atoms with van der Waals surface area (Å²) in [5.41, 5.74) is 0. The van der Waals surface area contributed by atoms with E-state index in [1.165, 1.54) is 0 Å². The first-order valence-electron chi connectivity index (χ1n) is 3.90. The van der Waals surface area contributed by atoms with E-state index in [1.54, 1.807) is 0 Å². The van der Waals surface area contributed by atoms with Gasteiger partial charge in [-0.05, 0) is 0 Å². The summed E-state index contributed by atoms with van der Waals surface area (Å²) < 4.78 is 113. The lowest BCUT2D eigenvalue weighted by Gasteiger charge is -2.42. The van der Waals surface area contributed by atoms with E-state index in [0.29, 0.717) is 0 Å². The second kappa shape index (κ2) is 4.99. The van der Waals surface area contributed by atoms with Crippen LogP contribution in [0, 0.1) is 0 Å². The minimum Gasteiger partial charge on any atom is -0.193 e. The van der Waals surface area contributed by atoms with Gasteiger partial charge in [0, 0.05) is 0 Å². The SMILES string of the molecule is FC(F)(F)C(F)(F)C(Cl)(Cl)C(Cl)(Cl)C(F)(F)C(F)(F)F. The zero-order valence-corrected chi connectivity index (χ0v) is 11.3. The van der Waals surface area contributed by atoms with Crippen molar-refractivity contribution in [3.05, 3.63) is 0 Å². The molecule has 0 rings (SSSR count). The van der Waals surface area contributed by atoms with E-state index < -0.39 is 32.9 Å². The molecule has 0 saturated heterocycles. The van der Waals surface area contributed by atoms with Crippen LogP contribution >= 0.6 is 46.4 Å². The van der Waals surface area contributed by atoms with Gasteiger partial charge in [0.1, 0.15) is 0 Å². The molecule has 0 aliphatic rings. The summed E-state index contributed by atoms with van der Waals surface area (Å²) in [6.07, 6.45) is -13.4. The lowest BCUT2D eigenvalue weighted by molar-refractivity contribution is -0.315. The van der Waals surface area contributed by atoms with E-state index in [-0.39, 0.29) is 0 Å². The first-order chi connectivity index (χ1) is 8.25. The van der Waals surface area contributed by atoms with Gasteiger partial charge < -0.3 is 0 Å². The van der Waals surface area contributed by atoms with E-state index in [4.69, 9.17) is 0 Å². The molecule has 20 heavy (non-hydrogen) atoms. The second-order valence-corrected chi connectivity index (χ2v) is 5.95. The van der Waals surface area contributed by atoms with E-state index in [1.807, 2.05) is 0 Å². The van der Waals surface area contributed by atoms with Gasteiger partial charge in [0.15, 0.2) is 0 Å². The van der Waals surface area contributed by atoms with Crippen LogP contribution in [0.1, 0.15) is 0 Å². The molecule has 0 heterocycles. The maximum absolute atomic E-state index is 12.9. The Morgan fingerprint density at radius 1 is 0.400 bits per heavy atom. The molecule has 0 fully saturated rings. The molecule has 0 atom stereocenters. The number of rotatable bonds is 3. The highest BCUT2D eigenvalue weighted by atomic mass is 35.5. The number of alkyl halides is 14. The Hall–Kier alpha value is 0.460. The van der Waals surface area contributed by atoms with Crippen LogP contribution in [-0.4, -0.2) is 32.9 Å². The van der Waals surface area contributed by atoms with Crippen molar-refractivity contribution in [2.75, 3.05) is 0 Å². The molecule has 0 bridgehead atoms. The third kappa shape index (κ3) is 2.72. The molecule has 0 N–H and O–H groups in total. The first-order valence-corrected chi connectivity index (χ1v) is 5.41. The Labute approximate surface area is 123 Å². The van der Waals surface area contributed by atoms with Gasteiger partial charge >= 0.3 is 24.2 Å². The van der Waals surface area contributed by atoms with Gasteiger partial charge in [-0.15, -0.1) is 0 Å². The number of hydrogen-bond donors (Lipinski definition) is 0. The van der Waals surface area contributed by atoms with Crippen molar-refractivity contribution in [2.24, 2.45) is 0 Å². The largest absolute Gasteiger partial charge is 0.456 e. The second-order valence-electron chi connectivity index (χ2n) is 3.29. The van der Waals surface area contributed by atoms with Crippen molar-refractivity contribution in [3.8, 4) is 0 Å². The third-order valence-electron chi connectivity index (χ3n) is 1.90. The Bertz CT molecular complexity index is 331. The van der Waals surface area contributed by atoms with Crippen LogP contribution in [0.15, 0.2) is 0 Å². The minimum absolute atomic E-state index is 4.35. The van der Waals surface area contributed by atoms with E-state index in [2.05, 4.69) is 46.4 Å². The smallest absolute Gasteiger partial charge is 0.193 e. The molecule has 14 heteroatoms. The normalized spacial score (nSPS) is 16.5. The quantitative estimate of drug-likeness (QED) is 0.417. The predicted octanol–water partition coefficient (Wildman–Crippen LogP) is 5.73. The fourth-order valence-electron chi connectivity index (χ4n) is 0.750. The van der Waals surface area contributed by atoms with Crippen LogP contribution < -0.4 is 0 Å². The maximum Gasteiger partial charge on any atom is 0.456 e. The van der Waals surface area contributed by atoms with Gasteiger partial charge in [-0.25, -0.2) is 0 Å². The Kier molecular flexibility index (Phi) is 5.10. The monoisotopic (exact) mass is 402 g/mol. The van der Waals surface area contributed by atoms with Gasteiger partial charge in [-0.1, -0.05) is 46.4 Å². The predicted molar refractivity (Wildman–Crippen MR) is 50.9 cm³/mol. The average Bonchev–Trinajstić information content (AvgIpc) is 2.12. The molecule has 0 spiro atoms. The summed E-state index contributed by atoms with van der Waals surface area (Å²) in [4.78, 5) is 0. The Balaban J connectivity index is 6.08. The highest BCUT2D eigenvalue weighted by molar-refractivity contribution is 6.63. The summed E-state index contributed by atoms with van der Waals surface area (Å²) in [7, 11) is 0. The molecule has 0 unspecified atom stereocenters. The third-order valence-corrected chi connectivity index (χ3v) is 4.37. The number of halogens is 14. The lowest BCUT2D eigenvalue weighted by Crippen LogP contribution is -2.67. The molecule has 0 saturated carbocycles. The average molecular weight is 404 g/mol. The summed E-state index contributed by atoms with van der Waals surface area (Å²) >= 11 is 17.4. The zero-order valence-electron chi connectivity index (χ0n) is 8.29. The van der Waals surface area contributed by atoms with Crippen LogP contribution in [0.3, 0.4) is 0 Å². The van der Waals surface area contributed by atoms with Gasteiger partial charge in [0.25, 0.3) is 0 Å². The molecule has 0 radical (unpaired) electrons. The summed E-state index contributed by atoms with van der Waals surface area (Å²) in [5, 5.41) is 0. The van der Waals surface area contributed by atoms with Crippen molar-refractivity contribution < 1.29 is 43.9 Å². The summed E-state index contributed by atoms with van der Waals surface area (Å²) in [5.74, 6) is -12.9. The number of hydrogen-bond acceptors (Lipinski definition) is 0. The highest BCUT2D eigenvalue weighted by Crippen LogP contribution is 2.64. The molecular formula is C6Cl4F10.